The summed E-state index contributed by atoms with van der Waals surface area (Å²) in [5.41, 5.74) is 0.825. The molecule has 4 heterocycles. The molecular formula is C17H23N5O3S. The van der Waals surface area contributed by atoms with E-state index in [-0.39, 0.29) is 23.7 Å². The van der Waals surface area contributed by atoms with Crippen LogP contribution < -0.4 is 5.32 Å². The average Bonchev–Trinajstić information content (AvgIpc) is 3.32. The number of hydrogen-bond acceptors (Lipinski definition) is 7. The highest BCUT2D eigenvalue weighted by molar-refractivity contribution is 7.91. The van der Waals surface area contributed by atoms with Crippen LogP contribution in [0.1, 0.15) is 31.7 Å². The molecule has 0 bridgehead atoms. The molecule has 1 unspecified atom stereocenters. The maximum Gasteiger partial charge on any atom is 0.222 e. The van der Waals surface area contributed by atoms with Crippen LogP contribution in [-0.2, 0) is 14.6 Å². The third kappa shape index (κ3) is 3.88. The first-order valence-corrected chi connectivity index (χ1v) is 10.8. The molecule has 2 aromatic rings. The van der Waals surface area contributed by atoms with Crippen LogP contribution >= 0.6 is 0 Å². The monoisotopic (exact) mass is 377 g/mol. The van der Waals surface area contributed by atoms with Crippen LogP contribution in [0.25, 0.3) is 11.4 Å². The zero-order valence-corrected chi connectivity index (χ0v) is 15.4. The van der Waals surface area contributed by atoms with E-state index in [0.717, 1.165) is 30.8 Å². The van der Waals surface area contributed by atoms with E-state index in [4.69, 9.17) is 4.74 Å². The van der Waals surface area contributed by atoms with Gasteiger partial charge >= 0.3 is 0 Å². The van der Waals surface area contributed by atoms with Gasteiger partial charge in [-0.2, -0.15) is 0 Å². The average molecular weight is 377 g/mol. The number of ether oxygens (including phenoxy) is 1. The largest absolute Gasteiger partial charge is 0.376 e. The Balaban J connectivity index is 1.44. The third-order valence-corrected chi connectivity index (χ3v) is 6.72. The van der Waals surface area contributed by atoms with Gasteiger partial charge in [0.1, 0.15) is 15.7 Å². The fraction of sp³-hybridized carbons (Fsp3) is 0.588. The standard InChI is InChI=1S/C17H23N5O3S/c23-26(24)8-3-14(4-9-26)22-6-5-18-16(22)13-10-19-17(20-11-13)21-12-15-2-1-7-25-15/h5-6,10-11,14-15H,1-4,7-9,12H2,(H,19,20,21). The maximum atomic E-state index is 11.7. The summed E-state index contributed by atoms with van der Waals surface area (Å²) in [6.07, 6.45) is 10.8. The van der Waals surface area contributed by atoms with Crippen LogP contribution in [0.3, 0.4) is 0 Å². The van der Waals surface area contributed by atoms with E-state index in [1.54, 1.807) is 18.6 Å². The first-order valence-electron chi connectivity index (χ1n) is 9.02. The molecule has 8 nitrogen and oxygen atoms in total. The van der Waals surface area contributed by atoms with Crippen LogP contribution in [0.5, 0.6) is 0 Å². The van der Waals surface area contributed by atoms with E-state index >= 15 is 0 Å². The molecule has 9 heteroatoms. The van der Waals surface area contributed by atoms with Crippen molar-refractivity contribution in [2.75, 3.05) is 30.0 Å². The van der Waals surface area contributed by atoms with Gasteiger partial charge in [-0.15, -0.1) is 0 Å². The lowest BCUT2D eigenvalue weighted by Crippen LogP contribution is -2.25. The number of aromatic nitrogens is 4. The lowest BCUT2D eigenvalue weighted by molar-refractivity contribution is 0.120. The Bertz CT molecular complexity index is 830. The number of nitrogens with zero attached hydrogens (tertiary/aromatic N) is 4. The molecule has 0 aliphatic carbocycles. The fourth-order valence-corrected chi connectivity index (χ4v) is 5.00. The number of imidazole rings is 1. The Morgan fingerprint density at radius 1 is 1.15 bits per heavy atom. The van der Waals surface area contributed by atoms with Gasteiger partial charge in [-0.3, -0.25) is 0 Å². The molecule has 2 aliphatic heterocycles. The van der Waals surface area contributed by atoms with Gasteiger partial charge in [0, 0.05) is 44.0 Å². The van der Waals surface area contributed by atoms with Crippen molar-refractivity contribution in [2.24, 2.45) is 0 Å². The molecule has 1 N–H and O–H groups in total. The van der Waals surface area contributed by atoms with Crippen LogP contribution in [0, 0.1) is 0 Å². The van der Waals surface area contributed by atoms with Crippen molar-refractivity contribution in [1.82, 2.24) is 19.5 Å². The van der Waals surface area contributed by atoms with Crippen LogP contribution in [0.4, 0.5) is 5.95 Å². The van der Waals surface area contributed by atoms with Crippen molar-refractivity contribution < 1.29 is 13.2 Å². The van der Waals surface area contributed by atoms with Gasteiger partial charge in [0.25, 0.3) is 0 Å². The molecule has 0 spiro atoms. The zero-order valence-electron chi connectivity index (χ0n) is 14.5. The molecule has 0 saturated carbocycles. The predicted molar refractivity (Wildman–Crippen MR) is 97.6 cm³/mol. The maximum absolute atomic E-state index is 11.7. The smallest absolute Gasteiger partial charge is 0.222 e. The zero-order chi connectivity index (χ0) is 18.0. The van der Waals surface area contributed by atoms with E-state index in [1.807, 2.05) is 10.8 Å². The first kappa shape index (κ1) is 17.4. The van der Waals surface area contributed by atoms with E-state index in [2.05, 4.69) is 20.3 Å². The third-order valence-electron chi connectivity index (χ3n) is 5.01. The Labute approximate surface area is 152 Å². The van der Waals surface area contributed by atoms with Crippen molar-refractivity contribution in [3.8, 4) is 11.4 Å². The highest BCUT2D eigenvalue weighted by Gasteiger charge is 2.26. The Hall–Kier alpha value is -2.00. The summed E-state index contributed by atoms with van der Waals surface area (Å²) < 4.78 is 30.9. The topological polar surface area (TPSA) is 99.0 Å². The molecule has 0 radical (unpaired) electrons. The van der Waals surface area contributed by atoms with Gasteiger partial charge in [-0.25, -0.2) is 23.4 Å². The van der Waals surface area contributed by atoms with Crippen LogP contribution in [-0.4, -0.2) is 58.7 Å². The summed E-state index contributed by atoms with van der Waals surface area (Å²) in [5, 5.41) is 3.20. The molecular weight excluding hydrogens is 354 g/mol. The summed E-state index contributed by atoms with van der Waals surface area (Å²) in [6.45, 7) is 1.54. The van der Waals surface area contributed by atoms with Gasteiger partial charge in [-0.05, 0) is 25.7 Å². The van der Waals surface area contributed by atoms with Gasteiger partial charge in [0.05, 0.1) is 23.2 Å². The van der Waals surface area contributed by atoms with E-state index in [1.165, 1.54) is 0 Å². The molecule has 2 aromatic heterocycles. The molecule has 4 rings (SSSR count). The Morgan fingerprint density at radius 2 is 1.92 bits per heavy atom. The van der Waals surface area contributed by atoms with Crippen molar-refractivity contribution in [3.63, 3.8) is 0 Å². The van der Waals surface area contributed by atoms with Crippen LogP contribution in [0.15, 0.2) is 24.8 Å². The molecule has 26 heavy (non-hydrogen) atoms. The van der Waals surface area contributed by atoms with Gasteiger partial charge in [0.2, 0.25) is 5.95 Å². The van der Waals surface area contributed by atoms with E-state index in [9.17, 15) is 8.42 Å². The number of rotatable bonds is 5. The van der Waals surface area contributed by atoms with Crippen LogP contribution in [0.2, 0.25) is 0 Å². The predicted octanol–water partition coefficient (Wildman–Crippen LogP) is 1.68. The summed E-state index contributed by atoms with van der Waals surface area (Å²) in [5.74, 6) is 1.82. The van der Waals surface area contributed by atoms with Crippen molar-refractivity contribution in [2.45, 2.75) is 37.8 Å². The fourth-order valence-electron chi connectivity index (χ4n) is 3.53. The minimum atomic E-state index is -2.88. The Morgan fingerprint density at radius 3 is 2.62 bits per heavy atom. The minimum absolute atomic E-state index is 0.147. The number of sulfone groups is 1. The second-order valence-corrected chi connectivity index (χ2v) is 9.16. The van der Waals surface area contributed by atoms with E-state index < -0.39 is 9.84 Å². The number of nitrogens with one attached hydrogen (secondary N) is 1. The number of hydrogen-bond donors (Lipinski definition) is 1. The lowest BCUT2D eigenvalue weighted by Gasteiger charge is -2.24. The SMILES string of the molecule is O=S1(=O)CCC(n2ccnc2-c2cnc(NCC3CCCO3)nc2)CC1. The lowest BCUT2D eigenvalue weighted by atomic mass is 10.1. The van der Waals surface area contributed by atoms with Gasteiger partial charge < -0.3 is 14.6 Å². The molecule has 2 aliphatic rings. The quantitative estimate of drug-likeness (QED) is 0.846. The number of anilines is 1. The minimum Gasteiger partial charge on any atom is -0.376 e. The molecule has 1 atom stereocenters. The highest BCUT2D eigenvalue weighted by Crippen LogP contribution is 2.28. The molecule has 140 valence electrons. The van der Waals surface area contributed by atoms with Crippen molar-refractivity contribution in [3.05, 3.63) is 24.8 Å². The van der Waals surface area contributed by atoms with E-state index in [0.29, 0.717) is 25.3 Å². The van der Waals surface area contributed by atoms with Crippen molar-refractivity contribution >= 4 is 15.8 Å². The summed E-state index contributed by atoms with van der Waals surface area (Å²) in [6, 6.07) is 0.147. The van der Waals surface area contributed by atoms with Gasteiger partial charge in [-0.1, -0.05) is 0 Å². The summed E-state index contributed by atoms with van der Waals surface area (Å²) in [4.78, 5) is 13.2. The second kappa shape index (κ2) is 7.32. The second-order valence-electron chi connectivity index (χ2n) is 6.85. The van der Waals surface area contributed by atoms with Gasteiger partial charge in [0.15, 0.2) is 0 Å². The Kier molecular flexibility index (Phi) is 4.90. The summed E-state index contributed by atoms with van der Waals surface area (Å²) in [7, 11) is -2.88. The molecule has 0 amide bonds. The molecule has 2 saturated heterocycles. The summed E-state index contributed by atoms with van der Waals surface area (Å²) >= 11 is 0. The highest BCUT2D eigenvalue weighted by atomic mass is 32.2. The first-order chi connectivity index (χ1) is 12.6. The molecule has 0 aromatic carbocycles. The normalized spacial score (nSPS) is 23.2. The molecule has 2 fully saturated rings. The van der Waals surface area contributed by atoms with Crippen molar-refractivity contribution in [1.29, 1.82) is 0 Å².